The fourth-order valence-corrected chi connectivity index (χ4v) is 1.97. The molecule has 3 N–H and O–H groups in total. The van der Waals surface area contributed by atoms with Crippen molar-refractivity contribution in [2.45, 2.75) is 32.9 Å². The highest BCUT2D eigenvalue weighted by atomic mass is 16.2. The van der Waals surface area contributed by atoms with E-state index in [4.69, 9.17) is 0 Å². The molecule has 0 fully saturated rings. The highest BCUT2D eigenvalue weighted by molar-refractivity contribution is 5.81. The second kappa shape index (κ2) is 6.38. The van der Waals surface area contributed by atoms with Crippen LogP contribution in [-0.2, 0) is 11.3 Å². The first-order chi connectivity index (χ1) is 9.20. The molecule has 102 valence electrons. The molecule has 1 unspecified atom stereocenters. The smallest absolute Gasteiger partial charge is 0.236 e. The van der Waals surface area contributed by atoms with Crippen molar-refractivity contribution in [1.29, 1.82) is 0 Å². The molecular formula is C15H21N3O. The Morgan fingerprint density at radius 1 is 1.37 bits per heavy atom. The van der Waals surface area contributed by atoms with Crippen LogP contribution in [0.1, 0.15) is 25.8 Å². The molecule has 2 aromatic rings. The number of rotatable bonds is 6. The van der Waals surface area contributed by atoms with E-state index in [1.165, 1.54) is 10.9 Å². The molecule has 1 amide bonds. The topological polar surface area (TPSA) is 56.9 Å². The van der Waals surface area contributed by atoms with E-state index in [2.05, 4.69) is 33.8 Å². The normalized spacial score (nSPS) is 12.5. The maximum Gasteiger partial charge on any atom is 0.236 e. The van der Waals surface area contributed by atoms with E-state index in [0.717, 1.165) is 18.5 Å². The first-order valence-corrected chi connectivity index (χ1v) is 6.78. The Labute approximate surface area is 113 Å². The number of carbonyl (C=O) groups is 1. The number of aromatic amines is 1. The lowest BCUT2D eigenvalue weighted by Crippen LogP contribution is -2.42. The van der Waals surface area contributed by atoms with Crippen molar-refractivity contribution in [3.8, 4) is 0 Å². The SMILES string of the molecule is CCCNC(=O)C(C)NCc1ccc2cc[nH]c2c1. The molecular weight excluding hydrogens is 238 g/mol. The molecule has 4 heteroatoms. The Kier molecular flexibility index (Phi) is 4.58. The van der Waals surface area contributed by atoms with Crippen LogP contribution in [0.25, 0.3) is 10.9 Å². The van der Waals surface area contributed by atoms with Crippen molar-refractivity contribution in [3.05, 3.63) is 36.0 Å². The van der Waals surface area contributed by atoms with Crippen LogP contribution in [0.3, 0.4) is 0 Å². The summed E-state index contributed by atoms with van der Waals surface area (Å²) in [6.45, 7) is 5.36. The van der Waals surface area contributed by atoms with Gasteiger partial charge in [0.1, 0.15) is 0 Å². The van der Waals surface area contributed by atoms with Gasteiger partial charge in [-0.05, 0) is 36.4 Å². The fraction of sp³-hybridized carbons (Fsp3) is 0.400. The van der Waals surface area contributed by atoms with Crippen LogP contribution in [0.5, 0.6) is 0 Å². The molecule has 1 aromatic carbocycles. The number of aromatic nitrogens is 1. The van der Waals surface area contributed by atoms with E-state index in [-0.39, 0.29) is 11.9 Å². The van der Waals surface area contributed by atoms with Crippen LogP contribution < -0.4 is 10.6 Å². The standard InChI is InChI=1S/C15H21N3O/c1-3-7-17-15(19)11(2)18-10-12-4-5-13-6-8-16-14(13)9-12/h4-6,8-9,11,16,18H,3,7,10H2,1-2H3,(H,17,19). The molecule has 2 rings (SSSR count). The first-order valence-electron chi connectivity index (χ1n) is 6.78. The van der Waals surface area contributed by atoms with Gasteiger partial charge in [-0.2, -0.15) is 0 Å². The Balaban J connectivity index is 1.88. The minimum Gasteiger partial charge on any atom is -0.361 e. The fourth-order valence-electron chi connectivity index (χ4n) is 1.97. The lowest BCUT2D eigenvalue weighted by atomic mass is 10.1. The Hall–Kier alpha value is -1.81. The van der Waals surface area contributed by atoms with Crippen LogP contribution in [0, 0.1) is 0 Å². The molecule has 0 aliphatic heterocycles. The predicted molar refractivity (Wildman–Crippen MR) is 77.9 cm³/mol. The zero-order valence-electron chi connectivity index (χ0n) is 11.5. The third kappa shape index (κ3) is 3.58. The molecule has 1 heterocycles. The zero-order chi connectivity index (χ0) is 13.7. The molecule has 1 aromatic heterocycles. The van der Waals surface area contributed by atoms with Crippen molar-refractivity contribution in [2.75, 3.05) is 6.54 Å². The zero-order valence-corrected chi connectivity index (χ0v) is 11.5. The van der Waals surface area contributed by atoms with Gasteiger partial charge < -0.3 is 15.6 Å². The Bertz CT molecular complexity index is 547. The summed E-state index contributed by atoms with van der Waals surface area (Å²) < 4.78 is 0. The molecule has 0 aliphatic carbocycles. The third-order valence-electron chi connectivity index (χ3n) is 3.17. The number of fused-ring (bicyclic) bond motifs is 1. The Morgan fingerprint density at radius 3 is 3.00 bits per heavy atom. The number of nitrogens with one attached hydrogen (secondary N) is 3. The van der Waals surface area contributed by atoms with Gasteiger partial charge in [0.15, 0.2) is 0 Å². The summed E-state index contributed by atoms with van der Waals surface area (Å²) in [5.74, 6) is 0.0581. The summed E-state index contributed by atoms with van der Waals surface area (Å²) in [4.78, 5) is 14.9. The minimum atomic E-state index is -0.175. The molecule has 0 saturated carbocycles. The average Bonchev–Trinajstić information content (AvgIpc) is 2.89. The minimum absolute atomic E-state index is 0.0581. The largest absolute Gasteiger partial charge is 0.361 e. The van der Waals surface area contributed by atoms with Crippen LogP contribution >= 0.6 is 0 Å². The van der Waals surface area contributed by atoms with Crippen molar-refractivity contribution in [2.24, 2.45) is 0 Å². The monoisotopic (exact) mass is 259 g/mol. The lowest BCUT2D eigenvalue weighted by molar-refractivity contribution is -0.122. The van der Waals surface area contributed by atoms with E-state index >= 15 is 0 Å². The number of hydrogen-bond acceptors (Lipinski definition) is 2. The summed E-state index contributed by atoms with van der Waals surface area (Å²) in [5.41, 5.74) is 2.30. The highest BCUT2D eigenvalue weighted by Gasteiger charge is 2.10. The van der Waals surface area contributed by atoms with Gasteiger partial charge in [0, 0.05) is 24.8 Å². The van der Waals surface area contributed by atoms with Crippen molar-refractivity contribution >= 4 is 16.8 Å². The van der Waals surface area contributed by atoms with Crippen LogP contribution in [0.4, 0.5) is 0 Å². The van der Waals surface area contributed by atoms with E-state index < -0.39 is 0 Å². The van der Waals surface area contributed by atoms with Crippen LogP contribution in [-0.4, -0.2) is 23.5 Å². The van der Waals surface area contributed by atoms with Crippen molar-refractivity contribution in [3.63, 3.8) is 0 Å². The van der Waals surface area contributed by atoms with Gasteiger partial charge in [-0.25, -0.2) is 0 Å². The summed E-state index contributed by atoms with van der Waals surface area (Å²) in [6, 6.07) is 8.16. The number of amides is 1. The van der Waals surface area contributed by atoms with E-state index in [1.54, 1.807) is 0 Å². The van der Waals surface area contributed by atoms with Gasteiger partial charge in [-0.1, -0.05) is 19.1 Å². The van der Waals surface area contributed by atoms with E-state index in [1.807, 2.05) is 26.1 Å². The summed E-state index contributed by atoms with van der Waals surface area (Å²) in [5, 5.41) is 7.33. The predicted octanol–water partition coefficient (Wildman–Crippen LogP) is 2.17. The molecule has 0 radical (unpaired) electrons. The maximum absolute atomic E-state index is 11.7. The van der Waals surface area contributed by atoms with E-state index in [9.17, 15) is 4.79 Å². The van der Waals surface area contributed by atoms with Crippen LogP contribution in [0.2, 0.25) is 0 Å². The summed E-state index contributed by atoms with van der Waals surface area (Å²) in [7, 11) is 0. The summed E-state index contributed by atoms with van der Waals surface area (Å²) >= 11 is 0. The van der Waals surface area contributed by atoms with Gasteiger partial charge in [0.2, 0.25) is 5.91 Å². The lowest BCUT2D eigenvalue weighted by Gasteiger charge is -2.13. The molecule has 0 spiro atoms. The second-order valence-electron chi connectivity index (χ2n) is 4.79. The highest BCUT2D eigenvalue weighted by Crippen LogP contribution is 2.13. The number of benzene rings is 1. The van der Waals surface area contributed by atoms with Gasteiger partial charge in [0.25, 0.3) is 0 Å². The van der Waals surface area contributed by atoms with Gasteiger partial charge in [-0.3, -0.25) is 4.79 Å². The van der Waals surface area contributed by atoms with E-state index in [0.29, 0.717) is 6.54 Å². The van der Waals surface area contributed by atoms with Crippen molar-refractivity contribution in [1.82, 2.24) is 15.6 Å². The number of H-pyrrole nitrogens is 1. The molecule has 0 bridgehead atoms. The van der Waals surface area contributed by atoms with Crippen LogP contribution in [0.15, 0.2) is 30.5 Å². The second-order valence-corrected chi connectivity index (χ2v) is 4.79. The molecule has 0 aliphatic rings. The average molecular weight is 259 g/mol. The van der Waals surface area contributed by atoms with Gasteiger partial charge in [-0.15, -0.1) is 0 Å². The molecule has 1 atom stereocenters. The first kappa shape index (κ1) is 13.6. The molecule has 19 heavy (non-hydrogen) atoms. The molecule has 4 nitrogen and oxygen atoms in total. The summed E-state index contributed by atoms with van der Waals surface area (Å²) in [6.07, 6.45) is 2.89. The quantitative estimate of drug-likeness (QED) is 0.744. The van der Waals surface area contributed by atoms with Gasteiger partial charge >= 0.3 is 0 Å². The number of carbonyl (C=O) groups excluding carboxylic acids is 1. The molecule has 0 saturated heterocycles. The van der Waals surface area contributed by atoms with Crippen molar-refractivity contribution < 1.29 is 4.79 Å². The number of hydrogen-bond donors (Lipinski definition) is 3. The Morgan fingerprint density at radius 2 is 2.21 bits per heavy atom. The van der Waals surface area contributed by atoms with Gasteiger partial charge in [0.05, 0.1) is 6.04 Å². The maximum atomic E-state index is 11.7. The third-order valence-corrected chi connectivity index (χ3v) is 3.17.